The van der Waals surface area contributed by atoms with E-state index in [0.29, 0.717) is 17.0 Å². The molecule has 0 atom stereocenters. The summed E-state index contributed by atoms with van der Waals surface area (Å²) < 4.78 is 0. The van der Waals surface area contributed by atoms with Gasteiger partial charge in [0.2, 0.25) is 0 Å². The van der Waals surface area contributed by atoms with E-state index in [0.717, 1.165) is 5.56 Å². The molecular formula is C15H13ClO. The van der Waals surface area contributed by atoms with Crippen LogP contribution in [0.3, 0.4) is 0 Å². The van der Waals surface area contributed by atoms with Crippen LogP contribution in [0, 0.1) is 6.92 Å². The van der Waals surface area contributed by atoms with Gasteiger partial charge in [0.15, 0.2) is 5.78 Å². The first-order valence-corrected chi connectivity index (χ1v) is 5.88. The summed E-state index contributed by atoms with van der Waals surface area (Å²) in [4.78, 5) is 12.0. The lowest BCUT2D eigenvalue weighted by Gasteiger charge is -2.04. The number of aryl methyl sites for hydroxylation is 1. The van der Waals surface area contributed by atoms with Crippen LogP contribution in [0.25, 0.3) is 0 Å². The van der Waals surface area contributed by atoms with Gasteiger partial charge in [0, 0.05) is 12.0 Å². The van der Waals surface area contributed by atoms with E-state index in [-0.39, 0.29) is 5.78 Å². The first-order valence-electron chi connectivity index (χ1n) is 5.50. The van der Waals surface area contributed by atoms with Crippen molar-refractivity contribution in [2.45, 2.75) is 13.3 Å². The molecule has 0 fully saturated rings. The van der Waals surface area contributed by atoms with Crippen LogP contribution in [0.1, 0.15) is 21.5 Å². The van der Waals surface area contributed by atoms with E-state index in [1.54, 1.807) is 12.1 Å². The van der Waals surface area contributed by atoms with E-state index >= 15 is 0 Å². The molecule has 86 valence electrons. The normalized spacial score (nSPS) is 10.2. The Kier molecular flexibility index (Phi) is 3.60. The highest BCUT2D eigenvalue weighted by Crippen LogP contribution is 2.17. The quantitative estimate of drug-likeness (QED) is 0.744. The second-order valence-electron chi connectivity index (χ2n) is 4.07. The highest BCUT2D eigenvalue weighted by atomic mass is 35.5. The highest BCUT2D eigenvalue weighted by Gasteiger charge is 2.09. The number of halogens is 1. The van der Waals surface area contributed by atoms with Crippen LogP contribution in [0.15, 0.2) is 48.5 Å². The van der Waals surface area contributed by atoms with Crippen molar-refractivity contribution in [1.82, 2.24) is 0 Å². The van der Waals surface area contributed by atoms with Crippen LogP contribution in [0.4, 0.5) is 0 Å². The minimum Gasteiger partial charge on any atom is -0.294 e. The molecule has 0 N–H and O–H groups in total. The average molecular weight is 245 g/mol. The van der Waals surface area contributed by atoms with Crippen molar-refractivity contribution < 1.29 is 4.79 Å². The summed E-state index contributed by atoms with van der Waals surface area (Å²) in [5.41, 5.74) is 2.80. The third-order valence-corrected chi connectivity index (χ3v) is 2.99. The summed E-state index contributed by atoms with van der Waals surface area (Å²) >= 11 is 5.99. The number of Topliss-reactive ketones (excluding diaryl/α,β-unsaturated/α-hetero) is 1. The third-order valence-electron chi connectivity index (χ3n) is 2.66. The summed E-state index contributed by atoms with van der Waals surface area (Å²) in [5, 5.41) is 0.518. The largest absolute Gasteiger partial charge is 0.294 e. The van der Waals surface area contributed by atoms with Gasteiger partial charge in [-0.05, 0) is 24.6 Å². The number of benzene rings is 2. The average Bonchev–Trinajstić information content (AvgIpc) is 2.32. The number of ketones is 1. The predicted octanol–water partition coefficient (Wildman–Crippen LogP) is 4.07. The van der Waals surface area contributed by atoms with E-state index in [4.69, 9.17) is 11.6 Å². The zero-order chi connectivity index (χ0) is 12.3. The van der Waals surface area contributed by atoms with Crippen molar-refractivity contribution in [3.8, 4) is 0 Å². The SMILES string of the molecule is Cc1ccc(CC(=O)c2ccccc2Cl)cc1. The van der Waals surface area contributed by atoms with Crippen LogP contribution >= 0.6 is 11.6 Å². The standard InChI is InChI=1S/C15H13ClO/c1-11-6-8-12(9-7-11)10-15(17)13-4-2-3-5-14(13)16/h2-9H,10H2,1H3. The molecule has 17 heavy (non-hydrogen) atoms. The van der Waals surface area contributed by atoms with Crippen molar-refractivity contribution >= 4 is 17.4 Å². The Morgan fingerprint density at radius 2 is 1.71 bits per heavy atom. The lowest BCUT2D eigenvalue weighted by atomic mass is 10.0. The van der Waals surface area contributed by atoms with Crippen molar-refractivity contribution in [3.05, 3.63) is 70.2 Å². The maximum atomic E-state index is 12.0. The Hall–Kier alpha value is -1.60. The van der Waals surface area contributed by atoms with Crippen LogP contribution < -0.4 is 0 Å². The maximum absolute atomic E-state index is 12.0. The molecule has 0 amide bonds. The Bertz CT molecular complexity index is 529. The fourth-order valence-corrected chi connectivity index (χ4v) is 1.92. The van der Waals surface area contributed by atoms with Gasteiger partial charge in [0.05, 0.1) is 5.02 Å². The molecule has 2 aromatic carbocycles. The smallest absolute Gasteiger partial charge is 0.168 e. The van der Waals surface area contributed by atoms with Gasteiger partial charge in [-0.25, -0.2) is 0 Å². The molecule has 0 aliphatic rings. The van der Waals surface area contributed by atoms with E-state index in [1.165, 1.54) is 5.56 Å². The van der Waals surface area contributed by atoms with E-state index < -0.39 is 0 Å². The molecule has 0 spiro atoms. The molecular weight excluding hydrogens is 232 g/mol. The lowest BCUT2D eigenvalue weighted by Crippen LogP contribution is -2.04. The highest BCUT2D eigenvalue weighted by molar-refractivity contribution is 6.34. The topological polar surface area (TPSA) is 17.1 Å². The van der Waals surface area contributed by atoms with Gasteiger partial charge in [-0.2, -0.15) is 0 Å². The van der Waals surface area contributed by atoms with Crippen molar-refractivity contribution in [3.63, 3.8) is 0 Å². The number of hydrogen-bond donors (Lipinski definition) is 0. The molecule has 0 radical (unpaired) electrons. The molecule has 2 aromatic rings. The van der Waals surface area contributed by atoms with E-state index in [2.05, 4.69) is 0 Å². The van der Waals surface area contributed by atoms with Gasteiger partial charge in [0.25, 0.3) is 0 Å². The van der Waals surface area contributed by atoms with Crippen LogP contribution in [0.2, 0.25) is 5.02 Å². The second kappa shape index (κ2) is 5.15. The van der Waals surface area contributed by atoms with Crippen LogP contribution in [0.5, 0.6) is 0 Å². The van der Waals surface area contributed by atoms with Crippen LogP contribution in [-0.4, -0.2) is 5.78 Å². The number of rotatable bonds is 3. The fourth-order valence-electron chi connectivity index (χ4n) is 1.67. The minimum atomic E-state index is 0.0550. The summed E-state index contributed by atoms with van der Waals surface area (Å²) in [5.74, 6) is 0.0550. The summed E-state index contributed by atoms with van der Waals surface area (Å²) in [6.45, 7) is 2.03. The summed E-state index contributed by atoms with van der Waals surface area (Å²) in [7, 11) is 0. The van der Waals surface area contributed by atoms with E-state index in [1.807, 2.05) is 43.3 Å². The Morgan fingerprint density at radius 1 is 1.06 bits per heavy atom. The van der Waals surface area contributed by atoms with Crippen molar-refractivity contribution in [2.75, 3.05) is 0 Å². The maximum Gasteiger partial charge on any atom is 0.168 e. The zero-order valence-electron chi connectivity index (χ0n) is 9.61. The van der Waals surface area contributed by atoms with Crippen LogP contribution in [-0.2, 0) is 6.42 Å². The first-order chi connectivity index (χ1) is 8.16. The second-order valence-corrected chi connectivity index (χ2v) is 4.47. The molecule has 0 heterocycles. The van der Waals surface area contributed by atoms with E-state index in [9.17, 15) is 4.79 Å². The lowest BCUT2D eigenvalue weighted by molar-refractivity contribution is 0.0993. The molecule has 0 aromatic heterocycles. The Balaban J connectivity index is 2.17. The monoisotopic (exact) mass is 244 g/mol. The van der Waals surface area contributed by atoms with Crippen molar-refractivity contribution in [1.29, 1.82) is 0 Å². The number of carbonyl (C=O) groups excluding carboxylic acids is 1. The molecule has 0 aliphatic carbocycles. The Morgan fingerprint density at radius 3 is 2.35 bits per heavy atom. The minimum absolute atomic E-state index is 0.0550. The third kappa shape index (κ3) is 2.95. The van der Waals surface area contributed by atoms with Gasteiger partial charge in [-0.3, -0.25) is 4.79 Å². The van der Waals surface area contributed by atoms with Gasteiger partial charge >= 0.3 is 0 Å². The molecule has 1 nitrogen and oxygen atoms in total. The molecule has 2 rings (SSSR count). The molecule has 2 heteroatoms. The number of hydrogen-bond acceptors (Lipinski definition) is 1. The van der Waals surface area contributed by atoms with Gasteiger partial charge in [-0.15, -0.1) is 0 Å². The summed E-state index contributed by atoms with van der Waals surface area (Å²) in [6, 6.07) is 15.1. The summed E-state index contributed by atoms with van der Waals surface area (Å²) in [6.07, 6.45) is 0.393. The molecule has 0 saturated carbocycles. The molecule has 0 bridgehead atoms. The van der Waals surface area contributed by atoms with Gasteiger partial charge in [0.1, 0.15) is 0 Å². The first kappa shape index (κ1) is 11.9. The fraction of sp³-hybridized carbons (Fsp3) is 0.133. The molecule has 0 aliphatic heterocycles. The van der Waals surface area contributed by atoms with Crippen molar-refractivity contribution in [2.24, 2.45) is 0 Å². The predicted molar refractivity (Wildman–Crippen MR) is 70.7 cm³/mol. The molecule has 0 saturated heterocycles. The van der Waals surface area contributed by atoms with Gasteiger partial charge < -0.3 is 0 Å². The zero-order valence-corrected chi connectivity index (χ0v) is 10.4. The van der Waals surface area contributed by atoms with Gasteiger partial charge in [-0.1, -0.05) is 53.6 Å². The molecule has 0 unspecified atom stereocenters. The number of carbonyl (C=O) groups is 1. The Labute approximate surface area is 106 Å².